The van der Waals surface area contributed by atoms with Gasteiger partial charge in [0.15, 0.2) is 0 Å². The van der Waals surface area contributed by atoms with Gasteiger partial charge in [-0.15, -0.1) is 0 Å². The number of carboxylic acid groups (broad SMARTS) is 1. The number of amides is 2. The number of carbonyl (C=O) groups excluding carboxylic acids is 2. The van der Waals surface area contributed by atoms with E-state index in [1.165, 1.54) is 0 Å². The predicted molar refractivity (Wildman–Crippen MR) is 88.2 cm³/mol. The van der Waals surface area contributed by atoms with Crippen LogP contribution in [0, 0.1) is 6.92 Å². The van der Waals surface area contributed by atoms with E-state index in [1.54, 1.807) is 55.5 Å². The van der Waals surface area contributed by atoms with Gasteiger partial charge in [-0.25, -0.2) is 0 Å². The normalized spacial score (nSPS) is 11.4. The molecule has 0 saturated carbocycles. The van der Waals surface area contributed by atoms with Gasteiger partial charge in [-0.2, -0.15) is 0 Å². The Kier molecular flexibility index (Phi) is 5.68. The molecule has 6 heteroatoms. The van der Waals surface area contributed by atoms with Crippen LogP contribution in [0.25, 0.3) is 0 Å². The smallest absolute Gasteiger partial charge is 0.311 e. The van der Waals surface area contributed by atoms with Crippen LogP contribution in [0.15, 0.2) is 54.6 Å². The molecule has 24 heavy (non-hydrogen) atoms. The molecule has 0 spiro atoms. The molecule has 2 aromatic carbocycles. The van der Waals surface area contributed by atoms with E-state index in [-0.39, 0.29) is 6.42 Å². The number of aryl methyl sites for hydroxylation is 1. The topological polar surface area (TPSA) is 95.5 Å². The summed E-state index contributed by atoms with van der Waals surface area (Å²) >= 11 is 0. The lowest BCUT2D eigenvalue weighted by atomic mass is 9.96. The summed E-state index contributed by atoms with van der Waals surface area (Å²) in [6, 6.07) is 15.4. The summed E-state index contributed by atoms with van der Waals surface area (Å²) in [7, 11) is 0. The number of hydrazine groups is 1. The number of hydrogen-bond donors (Lipinski definition) is 3. The maximum Gasteiger partial charge on any atom is 0.311 e. The number of carboxylic acids is 1. The van der Waals surface area contributed by atoms with E-state index >= 15 is 0 Å². The molecule has 2 rings (SSSR count). The van der Waals surface area contributed by atoms with Gasteiger partial charge in [0.2, 0.25) is 5.91 Å². The average Bonchev–Trinajstić information content (AvgIpc) is 2.58. The summed E-state index contributed by atoms with van der Waals surface area (Å²) in [5.41, 5.74) is 6.31. The van der Waals surface area contributed by atoms with E-state index in [1.807, 2.05) is 6.07 Å². The monoisotopic (exact) mass is 326 g/mol. The highest BCUT2D eigenvalue weighted by Crippen LogP contribution is 2.19. The van der Waals surface area contributed by atoms with Crippen molar-refractivity contribution in [2.45, 2.75) is 19.3 Å². The Morgan fingerprint density at radius 1 is 0.958 bits per heavy atom. The number of aliphatic carboxylic acids is 1. The van der Waals surface area contributed by atoms with Gasteiger partial charge >= 0.3 is 5.97 Å². The third kappa shape index (κ3) is 4.42. The van der Waals surface area contributed by atoms with Crippen molar-refractivity contribution in [1.82, 2.24) is 10.9 Å². The van der Waals surface area contributed by atoms with Crippen LogP contribution >= 0.6 is 0 Å². The maximum atomic E-state index is 12.0. The van der Waals surface area contributed by atoms with Crippen LogP contribution in [-0.4, -0.2) is 22.9 Å². The Morgan fingerprint density at radius 3 is 2.21 bits per heavy atom. The highest BCUT2D eigenvalue weighted by Gasteiger charge is 2.23. The summed E-state index contributed by atoms with van der Waals surface area (Å²) < 4.78 is 0. The van der Waals surface area contributed by atoms with E-state index in [9.17, 15) is 19.5 Å². The standard InChI is InChI=1S/C18H18N2O4/c1-12-7-5-6-10-14(12)17(22)20-19-16(21)11-15(18(23)24)13-8-3-2-4-9-13/h2-10,15H,11H2,1H3,(H,19,21)(H,20,22)(H,23,24)/t15-/m1/s1. The maximum absolute atomic E-state index is 12.0. The Morgan fingerprint density at radius 2 is 1.58 bits per heavy atom. The number of rotatable bonds is 5. The van der Waals surface area contributed by atoms with Crippen LogP contribution in [-0.2, 0) is 9.59 Å². The fraction of sp³-hybridized carbons (Fsp3) is 0.167. The van der Waals surface area contributed by atoms with Crippen molar-refractivity contribution in [3.63, 3.8) is 0 Å². The van der Waals surface area contributed by atoms with E-state index in [4.69, 9.17) is 0 Å². The molecular weight excluding hydrogens is 308 g/mol. The summed E-state index contributed by atoms with van der Waals surface area (Å²) in [6.45, 7) is 1.78. The van der Waals surface area contributed by atoms with E-state index in [0.717, 1.165) is 5.56 Å². The Labute approximate surface area is 139 Å². The van der Waals surface area contributed by atoms with Crippen molar-refractivity contribution in [2.75, 3.05) is 0 Å². The molecule has 2 amide bonds. The van der Waals surface area contributed by atoms with Crippen LogP contribution in [0.2, 0.25) is 0 Å². The SMILES string of the molecule is Cc1ccccc1C(=O)NNC(=O)C[C@@H](C(=O)O)c1ccccc1. The number of carbonyl (C=O) groups is 3. The van der Waals surface area contributed by atoms with E-state index < -0.39 is 23.7 Å². The summed E-state index contributed by atoms with van der Waals surface area (Å²) in [5, 5.41) is 9.30. The van der Waals surface area contributed by atoms with Crippen molar-refractivity contribution >= 4 is 17.8 Å². The largest absolute Gasteiger partial charge is 0.481 e. The molecule has 0 aliphatic carbocycles. The van der Waals surface area contributed by atoms with Gasteiger partial charge in [0.1, 0.15) is 0 Å². The molecule has 3 N–H and O–H groups in total. The number of benzene rings is 2. The van der Waals surface area contributed by atoms with Crippen molar-refractivity contribution in [3.05, 3.63) is 71.3 Å². The fourth-order valence-electron chi connectivity index (χ4n) is 2.29. The van der Waals surface area contributed by atoms with Gasteiger partial charge in [-0.05, 0) is 24.1 Å². The molecule has 1 atom stereocenters. The van der Waals surface area contributed by atoms with Gasteiger partial charge in [0, 0.05) is 12.0 Å². The summed E-state index contributed by atoms with van der Waals surface area (Å²) in [5.74, 6) is -3.09. The van der Waals surface area contributed by atoms with Crippen molar-refractivity contribution in [3.8, 4) is 0 Å². The fourth-order valence-corrected chi connectivity index (χ4v) is 2.29. The molecule has 0 aromatic heterocycles. The molecular formula is C18H18N2O4. The number of hydrogen-bond acceptors (Lipinski definition) is 3. The molecule has 124 valence electrons. The first-order chi connectivity index (χ1) is 11.5. The predicted octanol–water partition coefficient (Wildman–Crippen LogP) is 2.01. The first-order valence-corrected chi connectivity index (χ1v) is 7.41. The van der Waals surface area contributed by atoms with Gasteiger partial charge < -0.3 is 5.11 Å². The zero-order valence-corrected chi connectivity index (χ0v) is 13.2. The lowest BCUT2D eigenvalue weighted by Crippen LogP contribution is -2.42. The molecule has 0 bridgehead atoms. The van der Waals surface area contributed by atoms with Gasteiger partial charge in [-0.3, -0.25) is 25.2 Å². The van der Waals surface area contributed by atoms with E-state index in [2.05, 4.69) is 10.9 Å². The van der Waals surface area contributed by atoms with Crippen molar-refractivity contribution in [2.24, 2.45) is 0 Å². The zero-order valence-electron chi connectivity index (χ0n) is 13.2. The van der Waals surface area contributed by atoms with Crippen LogP contribution < -0.4 is 10.9 Å². The lowest BCUT2D eigenvalue weighted by Gasteiger charge is -2.13. The third-order valence-electron chi connectivity index (χ3n) is 3.59. The molecule has 0 aliphatic heterocycles. The number of nitrogens with one attached hydrogen (secondary N) is 2. The van der Waals surface area contributed by atoms with Gasteiger partial charge in [-0.1, -0.05) is 48.5 Å². The Balaban J connectivity index is 1.96. The van der Waals surface area contributed by atoms with Crippen LogP contribution in [0.5, 0.6) is 0 Å². The van der Waals surface area contributed by atoms with Crippen molar-refractivity contribution < 1.29 is 19.5 Å². The molecule has 0 fully saturated rings. The molecule has 6 nitrogen and oxygen atoms in total. The summed E-state index contributed by atoms with van der Waals surface area (Å²) in [4.78, 5) is 35.4. The molecule has 0 heterocycles. The summed E-state index contributed by atoms with van der Waals surface area (Å²) in [6.07, 6.45) is -0.270. The lowest BCUT2D eigenvalue weighted by molar-refractivity contribution is -0.140. The molecule has 2 aromatic rings. The molecule has 0 radical (unpaired) electrons. The third-order valence-corrected chi connectivity index (χ3v) is 3.59. The molecule has 0 aliphatic rings. The average molecular weight is 326 g/mol. The minimum absolute atomic E-state index is 0.270. The van der Waals surface area contributed by atoms with Crippen LogP contribution in [0.4, 0.5) is 0 Å². The minimum Gasteiger partial charge on any atom is -0.481 e. The second-order valence-electron chi connectivity index (χ2n) is 5.32. The second-order valence-corrected chi connectivity index (χ2v) is 5.32. The molecule has 0 unspecified atom stereocenters. The zero-order chi connectivity index (χ0) is 17.5. The highest BCUT2D eigenvalue weighted by atomic mass is 16.4. The second kappa shape index (κ2) is 7.92. The van der Waals surface area contributed by atoms with Crippen molar-refractivity contribution in [1.29, 1.82) is 0 Å². The Hall–Kier alpha value is -3.15. The van der Waals surface area contributed by atoms with E-state index in [0.29, 0.717) is 11.1 Å². The first-order valence-electron chi connectivity index (χ1n) is 7.41. The quantitative estimate of drug-likeness (QED) is 0.733. The van der Waals surface area contributed by atoms with Crippen LogP contribution in [0.3, 0.4) is 0 Å². The minimum atomic E-state index is -1.10. The molecule has 0 saturated heterocycles. The first kappa shape index (κ1) is 17.2. The Bertz CT molecular complexity index is 744. The van der Waals surface area contributed by atoms with Gasteiger partial charge in [0.05, 0.1) is 5.92 Å². The van der Waals surface area contributed by atoms with Gasteiger partial charge in [0.25, 0.3) is 5.91 Å². The van der Waals surface area contributed by atoms with Crippen LogP contribution in [0.1, 0.15) is 33.8 Å². The highest BCUT2D eigenvalue weighted by molar-refractivity contribution is 5.97.